The van der Waals surface area contributed by atoms with Crippen LogP contribution < -0.4 is 30.1 Å². The van der Waals surface area contributed by atoms with Crippen LogP contribution in [-0.2, 0) is 64.6 Å². The molecule has 510 valence electrons. The summed E-state index contributed by atoms with van der Waals surface area (Å²) in [5.74, 6) is -3.39. The molecule has 3 saturated heterocycles. The predicted octanol–water partition coefficient (Wildman–Crippen LogP) is 10.9. The molecule has 3 aliphatic heterocycles. The number of rotatable bonds is 15. The van der Waals surface area contributed by atoms with Crippen molar-refractivity contribution in [3.05, 3.63) is 175 Å². The molecule has 0 saturated carbocycles. The molecular weight excluding hydrogens is 1430 g/mol. The third-order valence-corrected chi connectivity index (χ3v) is 25.2. The fraction of sp³-hybridized carbons (Fsp3) is 0.300. The maximum atomic E-state index is 13.4. The highest BCUT2D eigenvalue weighted by molar-refractivity contribution is 7.87. The van der Waals surface area contributed by atoms with Gasteiger partial charge in [0.2, 0.25) is 17.7 Å². The molecule has 9 heterocycles. The molecule has 9 aromatic rings. The number of nitrogens with zero attached hydrogens (tertiary/aromatic N) is 9. The number of hydrogen-bond donors (Lipinski definition) is 6. The van der Waals surface area contributed by atoms with Gasteiger partial charge in [0.15, 0.2) is 0 Å². The Kier molecular flexibility index (Phi) is 22.5. The average Bonchev–Trinajstić information content (AvgIpc) is 1.07. The van der Waals surface area contributed by atoms with Gasteiger partial charge in [-0.25, -0.2) is 13.2 Å². The Morgan fingerprint density at radius 2 is 0.719 bits per heavy atom. The summed E-state index contributed by atoms with van der Waals surface area (Å²) in [6.45, 7) is 8.24. The molecule has 3 aliphatic rings. The van der Waals surface area contributed by atoms with E-state index in [1.807, 2.05) is 89.8 Å². The first-order valence-electron chi connectivity index (χ1n) is 29.4. The van der Waals surface area contributed by atoms with Crippen molar-refractivity contribution in [1.82, 2.24) is 56.4 Å². The molecule has 0 spiro atoms. The second-order valence-corrected chi connectivity index (χ2v) is 31.9. The molecule has 36 heteroatoms. The normalized spacial score (nSPS) is 20.9. The Morgan fingerprint density at radius 1 is 0.458 bits per heavy atom. The topological polar surface area (TPSA) is 289 Å². The predicted molar refractivity (Wildman–Crippen MR) is 367 cm³/mol. The number of likely N-dealkylation sites (N-methyl/N-ethyl adjacent to an activating group) is 3. The molecule has 3 fully saturated rings. The van der Waals surface area contributed by atoms with Crippen LogP contribution in [0.2, 0.25) is 15.1 Å². The van der Waals surface area contributed by atoms with Gasteiger partial charge < -0.3 is 16.0 Å². The van der Waals surface area contributed by atoms with Crippen molar-refractivity contribution in [3.63, 3.8) is 0 Å². The summed E-state index contributed by atoms with van der Waals surface area (Å²) in [6.07, 6.45) is 11.8. The van der Waals surface area contributed by atoms with Gasteiger partial charge in [0.1, 0.15) is 35.6 Å². The van der Waals surface area contributed by atoms with Crippen molar-refractivity contribution < 1.29 is 52.8 Å². The van der Waals surface area contributed by atoms with Gasteiger partial charge in [0, 0.05) is 122 Å². The van der Waals surface area contributed by atoms with Crippen molar-refractivity contribution in [2.75, 3.05) is 37.1 Å². The van der Waals surface area contributed by atoms with E-state index in [0.29, 0.717) is 0 Å². The van der Waals surface area contributed by atoms with Gasteiger partial charge in [-0.05, 0) is 131 Å². The van der Waals surface area contributed by atoms with E-state index in [9.17, 15) is 52.8 Å². The molecule has 24 nitrogen and oxygen atoms in total. The molecule has 0 aliphatic carbocycles. The standard InChI is InChI=1S/3C20H21ClFN5O3S2/c3*1-3-27-11-12(10-23-27)18-6-7-19(31-18)16-9-17(26(2)32(29,30)25-16)20(28)24-13-4-5-15(22)14(21)8-13/h3*4-8,10-11,16-17,25H,3,9H2,1-2H3,(H,24,28)/t2*16-,17+;/m10./s1. The van der Waals surface area contributed by atoms with Crippen LogP contribution in [0.1, 0.15) is 72.8 Å². The molecule has 3 amide bonds. The smallest absolute Gasteiger partial charge is 0.280 e. The Balaban J connectivity index is 0.000000157. The highest BCUT2D eigenvalue weighted by atomic mass is 35.5. The lowest BCUT2D eigenvalue weighted by Gasteiger charge is -2.35. The number of halogens is 6. The fourth-order valence-corrected chi connectivity index (χ4v) is 18.1. The van der Waals surface area contributed by atoms with E-state index >= 15 is 0 Å². The van der Waals surface area contributed by atoms with Crippen LogP contribution in [0, 0.1) is 17.5 Å². The first-order chi connectivity index (χ1) is 45.5. The molecule has 3 aromatic carbocycles. The number of carbonyl (C=O) groups excluding carboxylic acids is 3. The molecule has 6 atom stereocenters. The summed E-state index contributed by atoms with van der Waals surface area (Å²) in [4.78, 5) is 44.0. The van der Waals surface area contributed by atoms with Crippen molar-refractivity contribution in [2.45, 2.75) is 95.9 Å². The zero-order valence-electron chi connectivity index (χ0n) is 51.7. The second-order valence-electron chi connectivity index (χ2n) is 22.0. The molecule has 6 aromatic heterocycles. The summed E-state index contributed by atoms with van der Waals surface area (Å²) in [5.41, 5.74) is 3.69. The van der Waals surface area contributed by atoms with Gasteiger partial charge in [0.05, 0.1) is 51.8 Å². The van der Waals surface area contributed by atoms with Crippen LogP contribution in [-0.4, -0.2) is 125 Å². The third-order valence-electron chi connectivity index (χ3n) is 15.8. The zero-order chi connectivity index (χ0) is 69.1. The van der Waals surface area contributed by atoms with Crippen LogP contribution in [0.15, 0.2) is 128 Å². The number of aryl methyl sites for hydroxylation is 3. The summed E-state index contributed by atoms with van der Waals surface area (Å²) < 4.78 is 133. The molecule has 0 bridgehead atoms. The lowest BCUT2D eigenvalue weighted by atomic mass is 10.1. The van der Waals surface area contributed by atoms with E-state index in [1.165, 1.54) is 91.6 Å². The van der Waals surface area contributed by atoms with Crippen molar-refractivity contribution in [1.29, 1.82) is 0 Å². The van der Waals surface area contributed by atoms with E-state index in [4.69, 9.17) is 34.8 Å². The van der Waals surface area contributed by atoms with Gasteiger partial charge in [-0.1, -0.05) is 34.8 Å². The van der Waals surface area contributed by atoms with E-state index in [0.717, 1.165) is 96.7 Å². The van der Waals surface area contributed by atoms with E-state index in [2.05, 4.69) is 45.4 Å². The van der Waals surface area contributed by atoms with Crippen LogP contribution in [0.5, 0.6) is 0 Å². The number of aromatic nitrogens is 6. The van der Waals surface area contributed by atoms with Gasteiger partial charge >= 0.3 is 0 Å². The molecule has 2 unspecified atom stereocenters. The van der Waals surface area contributed by atoms with Crippen LogP contribution in [0.4, 0.5) is 30.2 Å². The minimum atomic E-state index is -3.89. The third kappa shape index (κ3) is 16.6. The molecular formula is C60H63Cl3F3N15O9S6. The summed E-state index contributed by atoms with van der Waals surface area (Å²) in [5, 5.41) is 20.3. The number of amides is 3. The Labute approximate surface area is 578 Å². The monoisotopic (exact) mass is 1490 g/mol. The van der Waals surface area contributed by atoms with Gasteiger partial charge in [-0.2, -0.15) is 67.6 Å². The van der Waals surface area contributed by atoms with Gasteiger partial charge in [-0.15, -0.1) is 34.0 Å². The minimum Gasteiger partial charge on any atom is -0.325 e. The van der Waals surface area contributed by atoms with Gasteiger partial charge in [0.25, 0.3) is 30.6 Å². The summed E-state index contributed by atoms with van der Waals surface area (Å²) in [6, 6.07) is 18.1. The summed E-state index contributed by atoms with van der Waals surface area (Å²) in [7, 11) is -7.63. The number of thiophene rings is 3. The van der Waals surface area contributed by atoms with Crippen LogP contribution in [0.3, 0.4) is 0 Å². The largest absolute Gasteiger partial charge is 0.325 e. The highest BCUT2D eigenvalue weighted by Crippen LogP contribution is 2.40. The highest BCUT2D eigenvalue weighted by Gasteiger charge is 2.44. The lowest BCUT2D eigenvalue weighted by Crippen LogP contribution is -2.55. The number of benzene rings is 3. The van der Waals surface area contributed by atoms with Crippen molar-refractivity contribution in [2.24, 2.45) is 0 Å². The molecule has 96 heavy (non-hydrogen) atoms. The second kappa shape index (κ2) is 30.0. The zero-order valence-corrected chi connectivity index (χ0v) is 58.9. The molecule has 6 N–H and O–H groups in total. The maximum absolute atomic E-state index is 13.4. The number of anilines is 3. The van der Waals surface area contributed by atoms with Gasteiger partial charge in [-0.3, -0.25) is 28.4 Å². The molecule has 0 radical (unpaired) electrons. The number of nitrogens with one attached hydrogen (secondary N) is 6. The van der Waals surface area contributed by atoms with Crippen molar-refractivity contribution >= 4 is 134 Å². The SMILES string of the molecule is CCn1cc(-c2ccc(C3CC(C(=O)Nc4ccc(F)c(Cl)c4)N(C)S(=O)(=O)N3)s2)cn1.CCn1cc(-c2ccc([C@@H]3C[C@H](C(=O)Nc4ccc(F)c(Cl)c4)N(C)S(=O)(=O)N3)s2)cn1.CCn1cc(-c2ccc([C@H]3C[C@@H](C(=O)Nc4ccc(F)c(Cl)c4)N(C)S(=O)(=O)N3)s2)cn1. The van der Waals surface area contributed by atoms with Crippen LogP contribution in [0.25, 0.3) is 31.3 Å². The summed E-state index contributed by atoms with van der Waals surface area (Å²) >= 11 is 21.7. The number of hydrogen-bond acceptors (Lipinski definition) is 15. The maximum Gasteiger partial charge on any atom is 0.280 e. The average molecular weight is 1490 g/mol. The molecule has 12 rings (SSSR count). The first kappa shape index (κ1) is 71.8. The van der Waals surface area contributed by atoms with Crippen molar-refractivity contribution in [3.8, 4) is 31.3 Å². The van der Waals surface area contributed by atoms with E-state index in [-0.39, 0.29) is 51.4 Å². The Morgan fingerprint density at radius 3 is 0.948 bits per heavy atom. The lowest BCUT2D eigenvalue weighted by molar-refractivity contribution is -0.120. The van der Waals surface area contributed by atoms with E-state index in [1.54, 1.807) is 18.6 Å². The minimum absolute atomic E-state index is 0.135. The fourth-order valence-electron chi connectivity index (χ4n) is 10.4. The quantitative estimate of drug-likeness (QED) is 0.0559. The Hall–Kier alpha value is -6.93. The first-order valence-corrected chi connectivity index (χ1v) is 37.3. The van der Waals surface area contributed by atoms with Crippen LogP contribution >= 0.6 is 68.8 Å². The number of carbonyl (C=O) groups is 3. The Bertz CT molecular complexity index is 4240. The van der Waals surface area contributed by atoms with E-state index < -0.39 is 102 Å².